The van der Waals surface area contributed by atoms with Crippen LogP contribution in [0, 0.1) is 5.92 Å². The van der Waals surface area contributed by atoms with E-state index in [1.165, 1.54) is 12.8 Å². The fourth-order valence-electron chi connectivity index (χ4n) is 0.728. The largest absolute Gasteiger partial charge is 0.0827 e. The third-order valence-corrected chi connectivity index (χ3v) is 2.97. The number of rotatable bonds is 2. The number of hydrogen-bond acceptors (Lipinski definition) is 0. The van der Waals surface area contributed by atoms with Crippen LogP contribution in [0.25, 0.3) is 0 Å². The first-order chi connectivity index (χ1) is 6.61. The number of halogens is 2. The van der Waals surface area contributed by atoms with Crippen LogP contribution in [0.3, 0.4) is 0 Å². The molecule has 0 heterocycles. The van der Waals surface area contributed by atoms with Gasteiger partial charge in [-0.05, 0) is 18.1 Å². The van der Waals surface area contributed by atoms with E-state index < -0.39 is 0 Å². The molecule has 1 aromatic rings. The summed E-state index contributed by atoms with van der Waals surface area (Å²) < 4.78 is 0. The molecule has 0 atom stereocenters. The van der Waals surface area contributed by atoms with E-state index in [9.17, 15) is 0 Å². The third-order valence-electron chi connectivity index (χ3n) is 2.22. The van der Waals surface area contributed by atoms with Gasteiger partial charge in [0.2, 0.25) is 0 Å². The summed E-state index contributed by atoms with van der Waals surface area (Å²) in [6, 6.07) is 7.19. The zero-order chi connectivity index (χ0) is 11.0. The Morgan fingerprint density at radius 2 is 1.33 bits per heavy atom. The molecule has 0 saturated heterocycles. The molecule has 0 spiro atoms. The number of benzene rings is 1. The first kappa shape index (κ1) is 17.7. The van der Waals surface area contributed by atoms with Gasteiger partial charge in [0.15, 0.2) is 0 Å². The van der Waals surface area contributed by atoms with E-state index in [2.05, 4.69) is 20.8 Å². The van der Waals surface area contributed by atoms with E-state index in [0.29, 0.717) is 10.0 Å². The van der Waals surface area contributed by atoms with Crippen LogP contribution in [-0.2, 0) is 16.5 Å². The summed E-state index contributed by atoms with van der Waals surface area (Å²) in [7, 11) is 0. The van der Waals surface area contributed by atoms with Gasteiger partial charge < -0.3 is 0 Å². The molecule has 90 valence electrons. The Labute approximate surface area is 113 Å². The maximum Gasteiger partial charge on any atom is 0.0592 e. The molecular weight excluding hydrogens is 274 g/mol. The summed E-state index contributed by atoms with van der Waals surface area (Å²) in [6.45, 7) is 6.74. The van der Waals surface area contributed by atoms with E-state index in [-0.39, 0.29) is 16.5 Å². The van der Waals surface area contributed by atoms with Crippen molar-refractivity contribution in [1.29, 1.82) is 0 Å². The topological polar surface area (TPSA) is 0 Å². The maximum atomic E-state index is 5.58. The third kappa shape index (κ3) is 9.24. The summed E-state index contributed by atoms with van der Waals surface area (Å²) in [5.74, 6) is 0.935. The van der Waals surface area contributed by atoms with E-state index >= 15 is 0 Å². The van der Waals surface area contributed by atoms with Gasteiger partial charge in [0.05, 0.1) is 10.0 Å². The van der Waals surface area contributed by atoms with Gasteiger partial charge in [-0.25, -0.2) is 0 Å². The average Bonchev–Trinajstić information content (AvgIpc) is 2.22. The molecule has 1 rings (SSSR count). The molecular formula is C12H18Cl2Ni. The Morgan fingerprint density at radius 3 is 1.47 bits per heavy atom. The molecule has 3 heteroatoms. The van der Waals surface area contributed by atoms with E-state index in [1.807, 2.05) is 12.1 Å². The minimum Gasteiger partial charge on any atom is -0.0827 e. The molecule has 0 aliphatic carbocycles. The molecule has 0 aliphatic rings. The first-order valence-corrected chi connectivity index (χ1v) is 5.77. The quantitative estimate of drug-likeness (QED) is 0.637. The molecule has 0 bridgehead atoms. The predicted molar refractivity (Wildman–Crippen MR) is 66.2 cm³/mol. The molecule has 0 nitrogen and oxygen atoms in total. The van der Waals surface area contributed by atoms with E-state index in [1.54, 1.807) is 12.1 Å². The van der Waals surface area contributed by atoms with Crippen LogP contribution in [0.15, 0.2) is 24.3 Å². The van der Waals surface area contributed by atoms with Crippen molar-refractivity contribution in [3.8, 4) is 0 Å². The summed E-state index contributed by atoms with van der Waals surface area (Å²) in [5.41, 5.74) is 0. The fraction of sp³-hybridized carbons (Fsp3) is 0.500. The van der Waals surface area contributed by atoms with Crippen molar-refractivity contribution >= 4 is 23.2 Å². The summed E-state index contributed by atoms with van der Waals surface area (Å²) in [4.78, 5) is 0. The van der Waals surface area contributed by atoms with Crippen LogP contribution in [0.5, 0.6) is 0 Å². The molecule has 0 aromatic heterocycles. The Kier molecular flexibility index (Phi) is 12.7. The smallest absolute Gasteiger partial charge is 0.0592 e. The van der Waals surface area contributed by atoms with Gasteiger partial charge in [-0.2, -0.15) is 0 Å². The first-order valence-electron chi connectivity index (χ1n) is 5.01. The van der Waals surface area contributed by atoms with Crippen molar-refractivity contribution in [3.63, 3.8) is 0 Å². The predicted octanol–water partition coefficient (Wildman–Crippen LogP) is 5.43. The molecule has 0 fully saturated rings. The molecule has 0 amide bonds. The van der Waals surface area contributed by atoms with Gasteiger partial charge in [0.1, 0.15) is 0 Å². The monoisotopic (exact) mass is 290 g/mol. The minimum atomic E-state index is 0. The van der Waals surface area contributed by atoms with Crippen LogP contribution in [0.1, 0.15) is 33.6 Å². The van der Waals surface area contributed by atoms with Gasteiger partial charge in [-0.1, -0.05) is 68.9 Å². The Morgan fingerprint density at radius 1 is 1.00 bits per heavy atom. The van der Waals surface area contributed by atoms with E-state index in [4.69, 9.17) is 23.2 Å². The van der Waals surface area contributed by atoms with Crippen molar-refractivity contribution in [2.45, 2.75) is 33.6 Å². The van der Waals surface area contributed by atoms with Crippen molar-refractivity contribution < 1.29 is 16.5 Å². The second kappa shape index (κ2) is 10.8. The van der Waals surface area contributed by atoms with Crippen LogP contribution in [0.4, 0.5) is 0 Å². The van der Waals surface area contributed by atoms with Crippen molar-refractivity contribution in [1.82, 2.24) is 0 Å². The maximum absolute atomic E-state index is 5.58. The van der Waals surface area contributed by atoms with Crippen LogP contribution < -0.4 is 0 Å². The summed E-state index contributed by atoms with van der Waals surface area (Å²) >= 11 is 11.2. The van der Waals surface area contributed by atoms with Gasteiger partial charge in [-0.15, -0.1) is 0 Å². The Hall–Kier alpha value is 0.294. The average molecular weight is 292 g/mol. The van der Waals surface area contributed by atoms with Crippen LogP contribution >= 0.6 is 23.2 Å². The SMILES string of the molecule is CCC(C)CC.Clc1ccccc1Cl.[Ni]. The molecule has 0 saturated carbocycles. The second-order valence-corrected chi connectivity index (χ2v) is 4.15. The minimum absolute atomic E-state index is 0. The fourth-order valence-corrected chi connectivity index (χ4v) is 0.999. The molecule has 15 heavy (non-hydrogen) atoms. The van der Waals surface area contributed by atoms with E-state index in [0.717, 1.165) is 5.92 Å². The normalized spacial score (nSPS) is 8.93. The zero-order valence-electron chi connectivity index (χ0n) is 9.37. The summed E-state index contributed by atoms with van der Waals surface area (Å²) in [5, 5.41) is 1.21. The molecule has 0 radical (unpaired) electrons. The van der Waals surface area contributed by atoms with Gasteiger partial charge in [0.25, 0.3) is 0 Å². The second-order valence-electron chi connectivity index (χ2n) is 3.34. The molecule has 1 aromatic carbocycles. The van der Waals surface area contributed by atoms with Gasteiger partial charge in [0, 0.05) is 16.5 Å². The van der Waals surface area contributed by atoms with Crippen molar-refractivity contribution in [2.24, 2.45) is 5.92 Å². The van der Waals surface area contributed by atoms with Gasteiger partial charge >= 0.3 is 0 Å². The zero-order valence-corrected chi connectivity index (χ0v) is 11.9. The Balaban J connectivity index is 0. The molecule has 0 N–H and O–H groups in total. The molecule has 0 unspecified atom stereocenters. The van der Waals surface area contributed by atoms with Crippen LogP contribution in [-0.4, -0.2) is 0 Å². The molecule has 0 aliphatic heterocycles. The summed E-state index contributed by atoms with van der Waals surface area (Å²) in [6.07, 6.45) is 2.66. The standard InChI is InChI=1S/C6H4Cl2.C6H14.Ni/c7-5-3-1-2-4-6(5)8;1-4-6(3)5-2;/h1-4H;6H,4-5H2,1-3H3;. The number of hydrogen-bond donors (Lipinski definition) is 0. The van der Waals surface area contributed by atoms with Crippen LogP contribution in [0.2, 0.25) is 10.0 Å². The van der Waals surface area contributed by atoms with Gasteiger partial charge in [-0.3, -0.25) is 0 Å². The Bertz CT molecular complexity index is 226. The van der Waals surface area contributed by atoms with Crippen molar-refractivity contribution in [2.75, 3.05) is 0 Å². The van der Waals surface area contributed by atoms with Crippen molar-refractivity contribution in [3.05, 3.63) is 34.3 Å².